The van der Waals surface area contributed by atoms with Gasteiger partial charge in [-0.2, -0.15) is 0 Å². The summed E-state index contributed by atoms with van der Waals surface area (Å²) < 4.78 is 14.9. The van der Waals surface area contributed by atoms with E-state index >= 15 is 0 Å². The average molecular weight is 450 g/mol. The van der Waals surface area contributed by atoms with Crippen molar-refractivity contribution in [2.24, 2.45) is 0 Å². The largest absolute Gasteiger partial charge is 0.347 e. The Morgan fingerprint density at radius 1 is 1.09 bits per heavy atom. The van der Waals surface area contributed by atoms with Crippen LogP contribution in [0.15, 0.2) is 48.5 Å². The maximum Gasteiger partial charge on any atom is 0.263 e. The number of aryl methyl sites for hydroxylation is 1. The van der Waals surface area contributed by atoms with E-state index in [1.165, 1.54) is 29.0 Å². The SMILES string of the molecule is Cc1nc(-c2nnn(-c3ccc(F)cc3)c2C)sc1C(=O)NCc1ccc(C(C)C)cc1. The molecule has 1 N–H and O–H groups in total. The minimum atomic E-state index is -0.311. The number of halogens is 1. The summed E-state index contributed by atoms with van der Waals surface area (Å²) in [4.78, 5) is 17.9. The summed E-state index contributed by atoms with van der Waals surface area (Å²) >= 11 is 1.29. The number of thiazole rings is 1. The van der Waals surface area contributed by atoms with E-state index in [9.17, 15) is 9.18 Å². The molecule has 2 heterocycles. The van der Waals surface area contributed by atoms with Gasteiger partial charge in [-0.25, -0.2) is 14.1 Å². The minimum absolute atomic E-state index is 0.164. The molecule has 0 fully saturated rings. The lowest BCUT2D eigenvalue weighted by Gasteiger charge is -2.08. The van der Waals surface area contributed by atoms with Gasteiger partial charge in [0.05, 0.1) is 17.1 Å². The van der Waals surface area contributed by atoms with Crippen molar-refractivity contribution in [1.29, 1.82) is 0 Å². The zero-order chi connectivity index (χ0) is 22.8. The van der Waals surface area contributed by atoms with Crippen LogP contribution in [0.25, 0.3) is 16.4 Å². The van der Waals surface area contributed by atoms with Crippen molar-refractivity contribution in [2.75, 3.05) is 0 Å². The molecule has 4 rings (SSSR count). The van der Waals surface area contributed by atoms with Gasteiger partial charge in [-0.05, 0) is 55.2 Å². The van der Waals surface area contributed by atoms with E-state index in [0.29, 0.717) is 39.4 Å². The van der Waals surface area contributed by atoms with Crippen LogP contribution in [0.5, 0.6) is 0 Å². The summed E-state index contributed by atoms with van der Waals surface area (Å²) in [6.45, 7) is 8.44. The van der Waals surface area contributed by atoms with Gasteiger partial charge in [0, 0.05) is 6.54 Å². The molecule has 0 aliphatic heterocycles. The Hall–Kier alpha value is -3.39. The number of rotatable bonds is 6. The Labute approximate surface area is 190 Å². The number of carbonyl (C=O) groups excluding carboxylic acids is 1. The van der Waals surface area contributed by atoms with E-state index in [1.54, 1.807) is 16.8 Å². The molecule has 8 heteroatoms. The monoisotopic (exact) mass is 449 g/mol. The van der Waals surface area contributed by atoms with Crippen LogP contribution in [0, 0.1) is 19.7 Å². The predicted molar refractivity (Wildman–Crippen MR) is 124 cm³/mol. The van der Waals surface area contributed by atoms with Gasteiger partial charge in [0.15, 0.2) is 0 Å². The molecule has 164 valence electrons. The van der Waals surface area contributed by atoms with E-state index in [0.717, 1.165) is 11.3 Å². The lowest BCUT2D eigenvalue weighted by molar-refractivity contribution is 0.0954. The van der Waals surface area contributed by atoms with Crippen molar-refractivity contribution in [3.63, 3.8) is 0 Å². The number of benzene rings is 2. The van der Waals surface area contributed by atoms with E-state index in [-0.39, 0.29) is 11.7 Å². The normalized spacial score (nSPS) is 11.2. The Balaban J connectivity index is 1.50. The number of nitrogens with one attached hydrogen (secondary N) is 1. The predicted octanol–water partition coefficient (Wildman–Crippen LogP) is 5.20. The minimum Gasteiger partial charge on any atom is -0.347 e. The molecule has 0 saturated carbocycles. The van der Waals surface area contributed by atoms with Gasteiger partial charge < -0.3 is 5.32 Å². The van der Waals surface area contributed by atoms with Gasteiger partial charge in [0.2, 0.25) is 0 Å². The first-order valence-electron chi connectivity index (χ1n) is 10.4. The van der Waals surface area contributed by atoms with Crippen LogP contribution < -0.4 is 5.32 Å². The summed E-state index contributed by atoms with van der Waals surface area (Å²) in [7, 11) is 0. The lowest BCUT2D eigenvalue weighted by Crippen LogP contribution is -2.22. The Bertz CT molecular complexity index is 1240. The van der Waals surface area contributed by atoms with Crippen LogP contribution in [-0.4, -0.2) is 25.9 Å². The number of hydrogen-bond acceptors (Lipinski definition) is 5. The quantitative estimate of drug-likeness (QED) is 0.439. The van der Waals surface area contributed by atoms with Crippen molar-refractivity contribution < 1.29 is 9.18 Å². The molecular weight excluding hydrogens is 425 g/mol. The Morgan fingerprint density at radius 3 is 2.44 bits per heavy atom. The van der Waals surface area contributed by atoms with Gasteiger partial charge in [-0.3, -0.25) is 4.79 Å². The number of carbonyl (C=O) groups is 1. The first kappa shape index (κ1) is 21.8. The maximum atomic E-state index is 13.2. The molecular formula is C24H24FN5OS. The molecule has 0 aliphatic carbocycles. The molecule has 0 bridgehead atoms. The zero-order valence-corrected chi connectivity index (χ0v) is 19.2. The number of hydrogen-bond donors (Lipinski definition) is 1. The number of nitrogens with zero attached hydrogens (tertiary/aromatic N) is 4. The Morgan fingerprint density at radius 2 is 1.78 bits per heavy atom. The average Bonchev–Trinajstić information content (AvgIpc) is 3.35. The topological polar surface area (TPSA) is 72.7 Å². The summed E-state index contributed by atoms with van der Waals surface area (Å²) in [6.07, 6.45) is 0. The van der Waals surface area contributed by atoms with Crippen molar-refractivity contribution >= 4 is 17.2 Å². The van der Waals surface area contributed by atoms with Crippen molar-refractivity contribution in [2.45, 2.75) is 40.2 Å². The zero-order valence-electron chi connectivity index (χ0n) is 18.4. The van der Waals surface area contributed by atoms with Gasteiger partial charge in [0.25, 0.3) is 5.91 Å². The smallest absolute Gasteiger partial charge is 0.263 e. The fourth-order valence-corrected chi connectivity index (χ4v) is 4.37. The molecule has 0 aliphatic rings. The highest BCUT2D eigenvalue weighted by Gasteiger charge is 2.20. The van der Waals surface area contributed by atoms with Gasteiger partial charge >= 0.3 is 0 Å². The van der Waals surface area contributed by atoms with Crippen LogP contribution in [0.2, 0.25) is 0 Å². The fourth-order valence-electron chi connectivity index (χ4n) is 3.35. The molecule has 2 aromatic heterocycles. The van der Waals surface area contributed by atoms with E-state index in [2.05, 4.69) is 46.6 Å². The number of aromatic nitrogens is 4. The van der Waals surface area contributed by atoms with Crippen LogP contribution in [0.3, 0.4) is 0 Å². The molecule has 0 spiro atoms. The highest BCUT2D eigenvalue weighted by atomic mass is 32.1. The van der Waals surface area contributed by atoms with E-state index in [1.807, 2.05) is 26.0 Å². The summed E-state index contributed by atoms with van der Waals surface area (Å²) in [6, 6.07) is 14.3. The molecule has 6 nitrogen and oxygen atoms in total. The summed E-state index contributed by atoms with van der Waals surface area (Å²) in [5.74, 6) is -0.00189. The van der Waals surface area contributed by atoms with Crippen molar-refractivity contribution in [3.8, 4) is 16.4 Å². The highest BCUT2D eigenvalue weighted by molar-refractivity contribution is 7.17. The van der Waals surface area contributed by atoms with Crippen LogP contribution in [0.4, 0.5) is 4.39 Å². The first-order chi connectivity index (χ1) is 15.3. The standard InChI is InChI=1S/C24H24FN5OS/c1-14(2)18-7-5-17(6-8-18)13-26-23(31)22-15(3)27-24(32-22)21-16(4)30(29-28-21)20-11-9-19(25)10-12-20/h5-12,14H,13H2,1-4H3,(H,26,31). The van der Waals surface area contributed by atoms with Gasteiger partial charge in [-0.1, -0.05) is 43.3 Å². The third kappa shape index (κ3) is 4.45. The third-order valence-corrected chi connectivity index (χ3v) is 6.43. The van der Waals surface area contributed by atoms with Gasteiger partial charge in [-0.15, -0.1) is 16.4 Å². The maximum absolute atomic E-state index is 13.2. The second-order valence-corrected chi connectivity index (χ2v) is 8.92. The first-order valence-corrected chi connectivity index (χ1v) is 11.2. The van der Waals surface area contributed by atoms with Crippen LogP contribution >= 0.6 is 11.3 Å². The third-order valence-electron chi connectivity index (χ3n) is 5.27. The van der Waals surface area contributed by atoms with Crippen molar-refractivity contribution in [3.05, 3.63) is 81.7 Å². The van der Waals surface area contributed by atoms with E-state index in [4.69, 9.17) is 0 Å². The fraction of sp³-hybridized carbons (Fsp3) is 0.250. The number of amides is 1. The molecule has 4 aromatic rings. The lowest BCUT2D eigenvalue weighted by atomic mass is 10.0. The van der Waals surface area contributed by atoms with Crippen LogP contribution in [0.1, 0.15) is 52.0 Å². The second-order valence-electron chi connectivity index (χ2n) is 7.92. The second kappa shape index (κ2) is 9.00. The Kier molecular flexibility index (Phi) is 6.14. The summed E-state index contributed by atoms with van der Waals surface area (Å²) in [5, 5.41) is 12.0. The van der Waals surface area contributed by atoms with Crippen LogP contribution in [-0.2, 0) is 6.54 Å². The molecule has 1 amide bonds. The molecule has 0 atom stereocenters. The molecule has 32 heavy (non-hydrogen) atoms. The van der Waals surface area contributed by atoms with Gasteiger partial charge in [0.1, 0.15) is 21.4 Å². The van der Waals surface area contributed by atoms with E-state index < -0.39 is 0 Å². The molecule has 2 aromatic carbocycles. The summed E-state index contributed by atoms with van der Waals surface area (Å²) in [5.41, 5.74) is 5.04. The molecule has 0 saturated heterocycles. The van der Waals surface area contributed by atoms with Crippen molar-refractivity contribution in [1.82, 2.24) is 25.3 Å². The molecule has 0 radical (unpaired) electrons. The molecule has 0 unspecified atom stereocenters. The highest BCUT2D eigenvalue weighted by Crippen LogP contribution is 2.29.